The number of amides is 2. The Hall–Kier alpha value is -1.10. The molecule has 2 amide bonds. The summed E-state index contributed by atoms with van der Waals surface area (Å²) in [6.07, 6.45) is 0. The van der Waals surface area contributed by atoms with Crippen molar-refractivity contribution in [2.75, 3.05) is 13.6 Å². The van der Waals surface area contributed by atoms with Crippen LogP contribution >= 0.6 is 0 Å². The van der Waals surface area contributed by atoms with Gasteiger partial charge in [0.2, 0.25) is 11.8 Å². The molecule has 0 aromatic heterocycles. The number of likely N-dealkylation sites (N-methyl/N-ethyl adjacent to an activating group) is 1. The first kappa shape index (κ1) is 9.90. The van der Waals surface area contributed by atoms with Gasteiger partial charge in [-0.3, -0.25) is 9.59 Å². The molecule has 5 heteroatoms. The van der Waals surface area contributed by atoms with Crippen molar-refractivity contribution in [1.82, 2.24) is 4.90 Å². The van der Waals surface area contributed by atoms with Crippen LogP contribution in [0.4, 0.5) is 0 Å². The van der Waals surface area contributed by atoms with Crippen molar-refractivity contribution in [3.63, 3.8) is 0 Å². The maximum atomic E-state index is 11.0. The Labute approximate surface area is 65.3 Å². The zero-order chi connectivity index (χ0) is 9.02. The predicted molar refractivity (Wildman–Crippen MR) is 40.5 cm³/mol. The Morgan fingerprint density at radius 1 is 1.55 bits per heavy atom. The van der Waals surface area contributed by atoms with Gasteiger partial charge >= 0.3 is 0 Å². The van der Waals surface area contributed by atoms with Gasteiger partial charge in [-0.2, -0.15) is 0 Å². The first-order valence-electron chi connectivity index (χ1n) is 3.24. The van der Waals surface area contributed by atoms with Crippen molar-refractivity contribution in [3.8, 4) is 0 Å². The second-order valence-electron chi connectivity index (χ2n) is 2.45. The quantitative estimate of drug-likeness (QED) is 0.513. The summed E-state index contributed by atoms with van der Waals surface area (Å²) < 4.78 is 0. The van der Waals surface area contributed by atoms with Crippen molar-refractivity contribution in [1.29, 1.82) is 0 Å². The predicted octanol–water partition coefficient (Wildman–Crippen LogP) is -1.72. The summed E-state index contributed by atoms with van der Waals surface area (Å²) in [4.78, 5) is 22.5. The van der Waals surface area contributed by atoms with Gasteiger partial charge in [-0.05, 0) is 6.92 Å². The Morgan fingerprint density at radius 2 is 2.00 bits per heavy atom. The van der Waals surface area contributed by atoms with Crippen LogP contribution in [-0.2, 0) is 9.59 Å². The Kier molecular flexibility index (Phi) is 3.53. The topological polar surface area (TPSA) is 89.4 Å². The third-order valence-electron chi connectivity index (χ3n) is 1.16. The number of rotatable bonds is 3. The lowest BCUT2D eigenvalue weighted by Gasteiger charge is -2.16. The fraction of sp³-hybridized carbons (Fsp3) is 0.667. The molecule has 0 fully saturated rings. The second-order valence-corrected chi connectivity index (χ2v) is 2.45. The molecule has 0 aliphatic heterocycles. The van der Waals surface area contributed by atoms with E-state index in [1.807, 2.05) is 0 Å². The summed E-state index contributed by atoms with van der Waals surface area (Å²) >= 11 is 0. The fourth-order valence-electron chi connectivity index (χ4n) is 0.659. The van der Waals surface area contributed by atoms with Crippen LogP contribution in [0.1, 0.15) is 6.92 Å². The molecule has 0 heterocycles. The first-order chi connectivity index (χ1) is 4.95. The molecule has 0 spiro atoms. The minimum Gasteiger partial charge on any atom is -0.368 e. The summed E-state index contributed by atoms with van der Waals surface area (Å²) in [5.74, 6) is -0.828. The number of hydrogen-bond donors (Lipinski definition) is 2. The third-order valence-corrected chi connectivity index (χ3v) is 1.16. The second kappa shape index (κ2) is 3.92. The number of carbonyl (C=O) groups excluding carboxylic acids is 2. The standard InChI is InChI=1S/C6H13N3O2/c1-4(7)6(11)9(2)3-5(8)10/h4H,3,7H2,1-2H3,(H2,8,10)/t4-/m0/s1. The van der Waals surface area contributed by atoms with E-state index in [2.05, 4.69) is 0 Å². The molecule has 4 N–H and O–H groups in total. The van der Waals surface area contributed by atoms with E-state index in [-0.39, 0.29) is 12.5 Å². The molecule has 0 aromatic carbocycles. The summed E-state index contributed by atoms with van der Waals surface area (Å²) in [6.45, 7) is 1.47. The number of primary amides is 1. The van der Waals surface area contributed by atoms with Gasteiger partial charge in [-0.25, -0.2) is 0 Å². The van der Waals surface area contributed by atoms with E-state index in [0.717, 1.165) is 0 Å². The maximum Gasteiger partial charge on any atom is 0.239 e. The van der Waals surface area contributed by atoms with Crippen LogP contribution in [-0.4, -0.2) is 36.3 Å². The highest BCUT2D eigenvalue weighted by Crippen LogP contribution is 1.87. The van der Waals surface area contributed by atoms with Crippen LogP contribution in [0.5, 0.6) is 0 Å². The molecule has 1 atom stereocenters. The summed E-state index contributed by atoms with van der Waals surface area (Å²) in [6, 6.07) is -0.584. The first-order valence-corrected chi connectivity index (χ1v) is 3.24. The average Bonchev–Trinajstić information content (AvgIpc) is 1.84. The van der Waals surface area contributed by atoms with E-state index in [0.29, 0.717) is 0 Å². The zero-order valence-corrected chi connectivity index (χ0v) is 6.70. The van der Waals surface area contributed by atoms with Crippen molar-refractivity contribution in [3.05, 3.63) is 0 Å². The SMILES string of the molecule is C[C@H](N)C(=O)N(C)CC(N)=O. The van der Waals surface area contributed by atoms with E-state index in [1.165, 1.54) is 11.9 Å². The van der Waals surface area contributed by atoms with Crippen LogP contribution in [0.15, 0.2) is 0 Å². The Morgan fingerprint density at radius 3 is 2.27 bits per heavy atom. The minimum atomic E-state index is -0.584. The largest absolute Gasteiger partial charge is 0.368 e. The number of nitrogens with zero attached hydrogens (tertiary/aromatic N) is 1. The molecule has 0 rings (SSSR count). The summed E-state index contributed by atoms with van der Waals surface area (Å²) in [7, 11) is 1.48. The van der Waals surface area contributed by atoms with Crippen LogP contribution in [0.3, 0.4) is 0 Å². The highest BCUT2D eigenvalue weighted by Gasteiger charge is 2.14. The normalized spacial score (nSPS) is 12.3. The Balaban J connectivity index is 3.93. The van der Waals surface area contributed by atoms with Gasteiger partial charge in [0.05, 0.1) is 12.6 Å². The molecule has 0 aliphatic carbocycles. The van der Waals surface area contributed by atoms with Crippen molar-refractivity contribution in [2.45, 2.75) is 13.0 Å². The van der Waals surface area contributed by atoms with Gasteiger partial charge in [-0.1, -0.05) is 0 Å². The van der Waals surface area contributed by atoms with Gasteiger partial charge in [0.25, 0.3) is 0 Å². The van der Waals surface area contributed by atoms with Gasteiger partial charge in [0, 0.05) is 7.05 Å². The highest BCUT2D eigenvalue weighted by atomic mass is 16.2. The lowest BCUT2D eigenvalue weighted by molar-refractivity contribution is -0.134. The van der Waals surface area contributed by atoms with Crippen molar-refractivity contribution >= 4 is 11.8 Å². The van der Waals surface area contributed by atoms with Crippen molar-refractivity contribution in [2.24, 2.45) is 11.5 Å². The Bertz CT molecular complexity index is 167. The molecule has 0 bridgehead atoms. The lowest BCUT2D eigenvalue weighted by Crippen LogP contribution is -2.43. The molecule has 0 aromatic rings. The smallest absolute Gasteiger partial charge is 0.239 e. The van der Waals surface area contributed by atoms with Crippen LogP contribution in [0, 0.1) is 0 Å². The number of hydrogen-bond acceptors (Lipinski definition) is 3. The number of nitrogens with two attached hydrogens (primary N) is 2. The van der Waals surface area contributed by atoms with E-state index in [1.54, 1.807) is 6.92 Å². The summed E-state index contributed by atoms with van der Waals surface area (Å²) in [5.41, 5.74) is 10.1. The van der Waals surface area contributed by atoms with Gasteiger partial charge in [-0.15, -0.1) is 0 Å². The monoisotopic (exact) mass is 159 g/mol. The highest BCUT2D eigenvalue weighted by molar-refractivity contribution is 5.86. The van der Waals surface area contributed by atoms with Gasteiger partial charge in [0.15, 0.2) is 0 Å². The van der Waals surface area contributed by atoms with Gasteiger partial charge in [0.1, 0.15) is 0 Å². The maximum absolute atomic E-state index is 11.0. The van der Waals surface area contributed by atoms with E-state index in [9.17, 15) is 9.59 Å². The van der Waals surface area contributed by atoms with Gasteiger partial charge < -0.3 is 16.4 Å². The van der Waals surface area contributed by atoms with Crippen LogP contribution < -0.4 is 11.5 Å². The van der Waals surface area contributed by atoms with E-state index < -0.39 is 11.9 Å². The van der Waals surface area contributed by atoms with E-state index >= 15 is 0 Å². The molecule has 0 aliphatic rings. The van der Waals surface area contributed by atoms with E-state index in [4.69, 9.17) is 11.5 Å². The molecule has 11 heavy (non-hydrogen) atoms. The number of carbonyl (C=O) groups is 2. The molecule has 0 radical (unpaired) electrons. The molecule has 64 valence electrons. The fourth-order valence-corrected chi connectivity index (χ4v) is 0.659. The molecular formula is C6H13N3O2. The molecule has 0 unspecified atom stereocenters. The summed E-state index contributed by atoms with van der Waals surface area (Å²) in [5, 5.41) is 0. The molecular weight excluding hydrogens is 146 g/mol. The van der Waals surface area contributed by atoms with Crippen molar-refractivity contribution < 1.29 is 9.59 Å². The zero-order valence-electron chi connectivity index (χ0n) is 6.70. The van der Waals surface area contributed by atoms with Crippen LogP contribution in [0.2, 0.25) is 0 Å². The average molecular weight is 159 g/mol. The third kappa shape index (κ3) is 3.57. The lowest BCUT2D eigenvalue weighted by atomic mass is 10.3. The molecule has 0 saturated carbocycles. The molecule has 0 saturated heterocycles. The molecule has 5 nitrogen and oxygen atoms in total. The van der Waals surface area contributed by atoms with Crippen LogP contribution in [0.25, 0.3) is 0 Å². The minimum absolute atomic E-state index is 0.0830.